The van der Waals surface area contributed by atoms with Crippen LogP contribution in [0.5, 0.6) is 0 Å². The van der Waals surface area contributed by atoms with Gasteiger partial charge in [0.2, 0.25) is 5.95 Å². The lowest BCUT2D eigenvalue weighted by atomic mass is 10.2. The van der Waals surface area contributed by atoms with Crippen LogP contribution in [0.25, 0.3) is 5.69 Å². The van der Waals surface area contributed by atoms with Gasteiger partial charge in [0.25, 0.3) is 0 Å². The predicted octanol–water partition coefficient (Wildman–Crippen LogP) is 2.85. The molecule has 0 spiro atoms. The van der Waals surface area contributed by atoms with Gasteiger partial charge in [-0.15, -0.1) is 10.2 Å². The Hall–Kier alpha value is -2.79. The highest BCUT2D eigenvalue weighted by molar-refractivity contribution is 7.98. The van der Waals surface area contributed by atoms with Crippen LogP contribution in [0.4, 0.5) is 5.95 Å². The molecule has 1 fully saturated rings. The number of hydrogen-bond acceptors (Lipinski definition) is 6. The van der Waals surface area contributed by atoms with E-state index in [1.165, 1.54) is 11.8 Å². The number of para-hydroxylation sites is 1. The molecule has 1 aromatic carbocycles. The number of thioether (sulfide) groups is 1. The Balaban J connectivity index is 1.67. The van der Waals surface area contributed by atoms with E-state index in [1.54, 1.807) is 0 Å². The van der Waals surface area contributed by atoms with Crippen molar-refractivity contribution in [2.24, 2.45) is 0 Å². The summed E-state index contributed by atoms with van der Waals surface area (Å²) in [6.45, 7) is 1.86. The number of nitrogen functional groups attached to an aromatic ring is 1. The fraction of sp³-hybridized carbons (Fsp3) is 0.294. The molecule has 0 amide bonds. The molecule has 0 saturated heterocycles. The fourth-order valence-corrected chi connectivity index (χ4v) is 3.84. The third kappa shape index (κ3) is 2.87. The van der Waals surface area contributed by atoms with Crippen molar-refractivity contribution >= 4 is 17.7 Å². The maximum absolute atomic E-state index is 9.55. The maximum atomic E-state index is 9.55. The molecule has 0 aliphatic heterocycles. The van der Waals surface area contributed by atoms with E-state index < -0.39 is 0 Å². The van der Waals surface area contributed by atoms with Crippen LogP contribution in [0.3, 0.4) is 0 Å². The van der Waals surface area contributed by atoms with Gasteiger partial charge in [0.15, 0.2) is 5.16 Å². The molecule has 2 aromatic heterocycles. The summed E-state index contributed by atoms with van der Waals surface area (Å²) < 4.78 is 3.83. The number of nitriles is 1. The molecule has 1 aliphatic rings. The SMILES string of the molecule is Cc1nn(-c2ccccc2)c(CSc2nnc(N)n2C2CC2)c1C#N. The Bertz CT molecular complexity index is 948. The van der Waals surface area contributed by atoms with Crippen molar-refractivity contribution in [2.75, 3.05) is 5.73 Å². The standard InChI is InChI=1S/C17H17N7S/c1-11-14(9-18)15(24(22-11)13-5-3-2-4-6-13)10-25-17-21-20-16(19)23(17)12-7-8-12/h2-6,12H,7-8,10H2,1H3,(H2,19,20). The van der Waals surface area contributed by atoms with E-state index in [0.717, 1.165) is 35.1 Å². The van der Waals surface area contributed by atoms with Gasteiger partial charge in [0.05, 0.1) is 22.6 Å². The first-order valence-electron chi connectivity index (χ1n) is 8.06. The number of anilines is 1. The van der Waals surface area contributed by atoms with Crippen molar-refractivity contribution in [1.82, 2.24) is 24.5 Å². The van der Waals surface area contributed by atoms with Crippen LogP contribution < -0.4 is 5.73 Å². The van der Waals surface area contributed by atoms with E-state index in [9.17, 15) is 5.26 Å². The third-order valence-electron chi connectivity index (χ3n) is 4.21. The first-order valence-corrected chi connectivity index (χ1v) is 9.04. The Morgan fingerprint density at radius 3 is 2.72 bits per heavy atom. The Kier molecular flexibility index (Phi) is 3.93. The zero-order valence-electron chi connectivity index (χ0n) is 13.8. The molecule has 7 nitrogen and oxygen atoms in total. The van der Waals surface area contributed by atoms with Crippen molar-refractivity contribution in [2.45, 2.75) is 36.7 Å². The van der Waals surface area contributed by atoms with Crippen LogP contribution in [0, 0.1) is 18.3 Å². The maximum Gasteiger partial charge on any atom is 0.222 e. The second-order valence-corrected chi connectivity index (χ2v) is 6.94. The molecule has 0 bridgehead atoms. The van der Waals surface area contributed by atoms with Crippen LogP contribution in [-0.2, 0) is 5.75 Å². The van der Waals surface area contributed by atoms with Gasteiger partial charge >= 0.3 is 0 Å². The highest BCUT2D eigenvalue weighted by atomic mass is 32.2. The smallest absolute Gasteiger partial charge is 0.222 e. The van der Waals surface area contributed by atoms with Gasteiger partial charge in [0.1, 0.15) is 6.07 Å². The molecule has 2 N–H and O–H groups in total. The molecular weight excluding hydrogens is 334 g/mol. The number of benzene rings is 1. The van der Waals surface area contributed by atoms with E-state index in [2.05, 4.69) is 21.4 Å². The van der Waals surface area contributed by atoms with Crippen molar-refractivity contribution in [1.29, 1.82) is 5.26 Å². The molecule has 0 unspecified atom stereocenters. The van der Waals surface area contributed by atoms with E-state index in [0.29, 0.717) is 23.3 Å². The van der Waals surface area contributed by atoms with Crippen LogP contribution in [0.2, 0.25) is 0 Å². The summed E-state index contributed by atoms with van der Waals surface area (Å²) in [5.41, 5.74) is 9.08. The minimum Gasteiger partial charge on any atom is -0.368 e. The van der Waals surface area contributed by atoms with Crippen LogP contribution in [-0.4, -0.2) is 24.5 Å². The minimum absolute atomic E-state index is 0.411. The predicted molar refractivity (Wildman–Crippen MR) is 95.3 cm³/mol. The molecule has 126 valence electrons. The minimum atomic E-state index is 0.411. The molecule has 8 heteroatoms. The summed E-state index contributed by atoms with van der Waals surface area (Å²) in [7, 11) is 0. The van der Waals surface area contributed by atoms with Gasteiger partial charge < -0.3 is 5.73 Å². The number of hydrogen-bond donors (Lipinski definition) is 1. The zero-order valence-corrected chi connectivity index (χ0v) is 14.6. The number of nitrogens with two attached hydrogens (primary N) is 1. The van der Waals surface area contributed by atoms with Crippen LogP contribution in [0.1, 0.15) is 35.8 Å². The molecule has 0 atom stereocenters. The molecule has 4 rings (SSSR count). The average molecular weight is 351 g/mol. The van der Waals surface area contributed by atoms with Gasteiger partial charge in [-0.2, -0.15) is 10.4 Å². The fourth-order valence-electron chi connectivity index (χ4n) is 2.83. The first kappa shape index (κ1) is 15.7. The molecule has 1 aliphatic carbocycles. The Morgan fingerprint density at radius 1 is 1.28 bits per heavy atom. The van der Waals surface area contributed by atoms with Gasteiger partial charge in [-0.1, -0.05) is 30.0 Å². The largest absolute Gasteiger partial charge is 0.368 e. The third-order valence-corrected chi connectivity index (χ3v) is 5.16. The molecule has 1 saturated carbocycles. The number of aryl methyl sites for hydroxylation is 1. The van der Waals surface area contributed by atoms with Gasteiger partial charge in [-0.05, 0) is 31.9 Å². The summed E-state index contributed by atoms with van der Waals surface area (Å²) in [4.78, 5) is 0. The summed E-state index contributed by atoms with van der Waals surface area (Å²) in [6.07, 6.45) is 2.22. The second kappa shape index (κ2) is 6.26. The Morgan fingerprint density at radius 2 is 2.04 bits per heavy atom. The zero-order chi connectivity index (χ0) is 17.4. The van der Waals surface area contributed by atoms with Gasteiger partial charge in [0, 0.05) is 11.8 Å². The number of rotatable bonds is 5. The van der Waals surface area contributed by atoms with E-state index >= 15 is 0 Å². The number of aromatic nitrogens is 5. The monoisotopic (exact) mass is 351 g/mol. The summed E-state index contributed by atoms with van der Waals surface area (Å²) in [5, 5.41) is 23.1. The molecule has 0 radical (unpaired) electrons. The van der Waals surface area contributed by atoms with Crippen LogP contribution in [0.15, 0.2) is 35.5 Å². The van der Waals surface area contributed by atoms with Gasteiger partial charge in [-0.3, -0.25) is 4.57 Å². The summed E-state index contributed by atoms with van der Waals surface area (Å²) in [5.74, 6) is 1.03. The lowest BCUT2D eigenvalue weighted by Gasteiger charge is -2.09. The van der Waals surface area contributed by atoms with Crippen molar-refractivity contribution in [3.63, 3.8) is 0 Å². The normalized spacial score (nSPS) is 13.8. The van der Waals surface area contributed by atoms with Crippen molar-refractivity contribution < 1.29 is 0 Å². The van der Waals surface area contributed by atoms with E-state index in [4.69, 9.17) is 5.73 Å². The van der Waals surface area contributed by atoms with Crippen molar-refractivity contribution in [3.8, 4) is 11.8 Å². The quantitative estimate of drug-likeness (QED) is 0.710. The number of nitrogens with zero attached hydrogens (tertiary/aromatic N) is 6. The van der Waals surface area contributed by atoms with E-state index in [1.807, 2.05) is 46.5 Å². The average Bonchev–Trinajstić information content (AvgIpc) is 3.32. The van der Waals surface area contributed by atoms with Gasteiger partial charge in [-0.25, -0.2) is 4.68 Å². The molecule has 3 aromatic rings. The van der Waals surface area contributed by atoms with Crippen LogP contribution >= 0.6 is 11.8 Å². The van der Waals surface area contributed by atoms with E-state index in [-0.39, 0.29) is 0 Å². The summed E-state index contributed by atoms with van der Waals surface area (Å²) in [6, 6.07) is 12.5. The lowest BCUT2D eigenvalue weighted by molar-refractivity contribution is 0.671. The molecule has 2 heterocycles. The topological polar surface area (TPSA) is 98.3 Å². The lowest BCUT2D eigenvalue weighted by Crippen LogP contribution is -2.04. The molecule has 25 heavy (non-hydrogen) atoms. The first-order chi connectivity index (χ1) is 12.2. The Labute approximate surface area is 149 Å². The highest BCUT2D eigenvalue weighted by Gasteiger charge is 2.29. The highest BCUT2D eigenvalue weighted by Crippen LogP contribution is 2.40. The van der Waals surface area contributed by atoms with Crippen molar-refractivity contribution in [3.05, 3.63) is 47.3 Å². The summed E-state index contributed by atoms with van der Waals surface area (Å²) >= 11 is 1.54. The molecular formula is C17H17N7S. The second-order valence-electron chi connectivity index (χ2n) is 6.00.